The number of carbonyl (C=O) groups excluding carboxylic acids is 1. The lowest BCUT2D eigenvalue weighted by molar-refractivity contribution is -0.117. The molecule has 0 spiro atoms. The number of hydrogen-bond acceptors (Lipinski definition) is 4. The Kier molecular flexibility index (Phi) is 9.80. The van der Waals surface area contributed by atoms with Crippen molar-refractivity contribution in [3.63, 3.8) is 0 Å². The van der Waals surface area contributed by atoms with Crippen LogP contribution in [0.4, 0.5) is 0 Å². The number of hydrogen-bond donors (Lipinski definition) is 2. The van der Waals surface area contributed by atoms with Crippen molar-refractivity contribution < 1.29 is 19.4 Å². The maximum atomic E-state index is 12.8. The van der Waals surface area contributed by atoms with Gasteiger partial charge in [-0.05, 0) is 88.5 Å². The fourth-order valence-corrected chi connectivity index (χ4v) is 6.01. The lowest BCUT2D eigenvalue weighted by atomic mass is 9.90. The minimum absolute atomic E-state index is 0.0165. The number of aliphatic hydroxyl groups is 1. The summed E-state index contributed by atoms with van der Waals surface area (Å²) in [7, 11) is 0. The molecule has 0 saturated heterocycles. The molecule has 0 unspecified atom stereocenters. The smallest absolute Gasteiger partial charge is 0.243 e. The van der Waals surface area contributed by atoms with Crippen LogP contribution < -0.4 is 5.32 Å². The van der Waals surface area contributed by atoms with Crippen molar-refractivity contribution in [1.29, 1.82) is 0 Å². The number of aliphatic hydroxyl groups excluding tert-OH is 1. The largest absolute Gasteiger partial charge is 0.392 e. The number of ether oxygens (including phenoxy) is 2. The summed E-state index contributed by atoms with van der Waals surface area (Å²) in [4.78, 5) is 12.8. The summed E-state index contributed by atoms with van der Waals surface area (Å²) in [6.07, 6.45) is 22.1. The first-order valence-corrected chi connectivity index (χ1v) is 13.9. The van der Waals surface area contributed by atoms with E-state index in [4.69, 9.17) is 9.47 Å². The lowest BCUT2D eigenvalue weighted by Gasteiger charge is -2.28. The van der Waals surface area contributed by atoms with Crippen molar-refractivity contribution in [2.75, 3.05) is 6.61 Å². The Labute approximate surface area is 217 Å². The summed E-state index contributed by atoms with van der Waals surface area (Å²) < 4.78 is 12.1. The molecule has 1 amide bonds. The lowest BCUT2D eigenvalue weighted by Crippen LogP contribution is -2.34. The van der Waals surface area contributed by atoms with Crippen LogP contribution in [0, 0.1) is 17.8 Å². The minimum Gasteiger partial charge on any atom is -0.392 e. The highest BCUT2D eigenvalue weighted by molar-refractivity contribution is 5.87. The zero-order valence-corrected chi connectivity index (χ0v) is 22.1. The molecule has 1 fully saturated rings. The highest BCUT2D eigenvalue weighted by Crippen LogP contribution is 2.46. The molecule has 0 radical (unpaired) electrons. The third-order valence-corrected chi connectivity index (χ3v) is 8.00. The summed E-state index contributed by atoms with van der Waals surface area (Å²) in [6, 6.07) is 0.0399. The molecule has 2 N–H and O–H groups in total. The van der Waals surface area contributed by atoms with E-state index in [1.54, 1.807) is 6.08 Å². The number of rotatable bonds is 3. The van der Waals surface area contributed by atoms with Gasteiger partial charge in [-0.3, -0.25) is 4.79 Å². The van der Waals surface area contributed by atoms with E-state index in [1.165, 1.54) is 5.57 Å². The van der Waals surface area contributed by atoms with Gasteiger partial charge in [0.2, 0.25) is 5.91 Å². The molecule has 8 atom stereocenters. The van der Waals surface area contributed by atoms with Gasteiger partial charge in [-0.2, -0.15) is 0 Å². The van der Waals surface area contributed by atoms with Gasteiger partial charge in [-0.25, -0.2) is 0 Å². The minimum atomic E-state index is -0.344. The normalized spacial score (nSPS) is 38.6. The van der Waals surface area contributed by atoms with Gasteiger partial charge in [-0.1, -0.05) is 61.1 Å². The second kappa shape index (κ2) is 13.0. The highest BCUT2D eigenvalue weighted by atomic mass is 16.5. The first-order valence-electron chi connectivity index (χ1n) is 13.9. The summed E-state index contributed by atoms with van der Waals surface area (Å²) in [5.41, 5.74) is 2.50. The Bertz CT molecular complexity index is 887. The molecule has 4 rings (SSSR count). The van der Waals surface area contributed by atoms with E-state index in [0.717, 1.165) is 50.5 Å². The van der Waals surface area contributed by atoms with Gasteiger partial charge in [0, 0.05) is 6.04 Å². The molecule has 3 heterocycles. The summed E-state index contributed by atoms with van der Waals surface area (Å²) in [6.45, 7) is 9.35. The maximum absolute atomic E-state index is 12.8. The van der Waals surface area contributed by atoms with Crippen molar-refractivity contribution in [1.82, 2.24) is 5.32 Å². The second-order valence-electron chi connectivity index (χ2n) is 11.6. The third-order valence-electron chi connectivity index (χ3n) is 8.00. The average molecular weight is 496 g/mol. The SMILES string of the molecule is C=C1C[C@H](C)C[C@@H]2CC=C[C@@H](CC=CC(=O)N[C@H](CC=C[C@@H]3CC(C)=CCO3)C[C@@H]3C[C@H]3[C@@H](O)C1)O2. The second-order valence-corrected chi connectivity index (χ2v) is 11.6. The van der Waals surface area contributed by atoms with Gasteiger partial charge in [0.15, 0.2) is 0 Å². The van der Waals surface area contributed by atoms with Crippen LogP contribution >= 0.6 is 0 Å². The topological polar surface area (TPSA) is 67.8 Å². The van der Waals surface area contributed by atoms with Crippen LogP contribution in [0.1, 0.15) is 71.6 Å². The zero-order valence-electron chi connectivity index (χ0n) is 22.1. The van der Waals surface area contributed by atoms with Crippen LogP contribution in [0.25, 0.3) is 0 Å². The molecule has 3 aliphatic heterocycles. The number of nitrogens with one attached hydrogen (secondary N) is 1. The number of carbonyl (C=O) groups is 1. The van der Waals surface area contributed by atoms with E-state index in [1.807, 2.05) is 6.08 Å². The van der Waals surface area contributed by atoms with E-state index in [-0.39, 0.29) is 36.4 Å². The number of fused-ring (bicyclic) bond motifs is 3. The molecule has 0 aromatic carbocycles. The quantitative estimate of drug-likeness (QED) is 0.502. The molecule has 5 nitrogen and oxygen atoms in total. The van der Waals surface area contributed by atoms with Crippen molar-refractivity contribution >= 4 is 5.91 Å². The van der Waals surface area contributed by atoms with Gasteiger partial charge in [0.25, 0.3) is 0 Å². The Morgan fingerprint density at radius 1 is 1.17 bits per heavy atom. The monoisotopic (exact) mass is 495 g/mol. The van der Waals surface area contributed by atoms with Gasteiger partial charge < -0.3 is 19.9 Å². The first kappa shape index (κ1) is 27.1. The van der Waals surface area contributed by atoms with Crippen molar-refractivity contribution in [3.05, 3.63) is 60.3 Å². The summed E-state index contributed by atoms with van der Waals surface area (Å²) in [5, 5.41) is 14.1. The van der Waals surface area contributed by atoms with Crippen LogP contribution in [0.3, 0.4) is 0 Å². The van der Waals surface area contributed by atoms with Crippen LogP contribution in [0.15, 0.2) is 60.3 Å². The van der Waals surface area contributed by atoms with Crippen molar-refractivity contribution in [3.8, 4) is 0 Å². The predicted molar refractivity (Wildman–Crippen MR) is 144 cm³/mol. The fourth-order valence-electron chi connectivity index (χ4n) is 6.01. The molecular weight excluding hydrogens is 450 g/mol. The van der Waals surface area contributed by atoms with Gasteiger partial charge in [0.05, 0.1) is 31.0 Å². The van der Waals surface area contributed by atoms with E-state index >= 15 is 0 Å². The number of amides is 1. The van der Waals surface area contributed by atoms with E-state index in [2.05, 4.69) is 56.1 Å². The molecule has 1 aliphatic carbocycles. The fraction of sp³-hybridized carbons (Fsp3) is 0.645. The highest BCUT2D eigenvalue weighted by Gasteiger charge is 2.43. The van der Waals surface area contributed by atoms with E-state index in [9.17, 15) is 9.90 Å². The zero-order chi connectivity index (χ0) is 25.5. The molecule has 198 valence electrons. The van der Waals surface area contributed by atoms with Gasteiger partial charge >= 0.3 is 0 Å². The van der Waals surface area contributed by atoms with Crippen LogP contribution in [0.5, 0.6) is 0 Å². The van der Waals surface area contributed by atoms with Gasteiger partial charge in [0.1, 0.15) is 0 Å². The Morgan fingerprint density at radius 2 is 2.03 bits per heavy atom. The molecule has 1 saturated carbocycles. The van der Waals surface area contributed by atoms with E-state index < -0.39 is 0 Å². The standard InChI is InChI=1S/C31H45NO4/c1-21-13-14-35-27(16-21)10-4-7-25-19-24-20-29(24)30(33)18-23(3)15-22(2)17-28-11-5-8-26(36-28)9-6-12-31(34)32-25/h4-6,8,10,12-13,22,24-30,33H,3,7,9,11,14-20H2,1-2H3,(H,32,34)/t22-,24+,25+,26-,27+,28-,29+,30-/m0/s1. The van der Waals surface area contributed by atoms with Crippen LogP contribution in [0.2, 0.25) is 0 Å². The molecule has 4 aliphatic rings. The average Bonchev–Trinajstić information content (AvgIpc) is 3.58. The molecule has 36 heavy (non-hydrogen) atoms. The van der Waals surface area contributed by atoms with Crippen LogP contribution in [-0.4, -0.2) is 48.1 Å². The van der Waals surface area contributed by atoms with Gasteiger partial charge in [-0.15, -0.1) is 0 Å². The van der Waals surface area contributed by atoms with Crippen molar-refractivity contribution in [2.45, 2.75) is 102 Å². The Balaban J connectivity index is 1.40. The molecule has 5 heteroatoms. The predicted octanol–water partition coefficient (Wildman–Crippen LogP) is 5.58. The summed E-state index contributed by atoms with van der Waals surface area (Å²) in [5.74, 6) is 1.16. The Morgan fingerprint density at radius 3 is 2.86 bits per heavy atom. The molecule has 0 aromatic rings. The maximum Gasteiger partial charge on any atom is 0.243 e. The Hall–Kier alpha value is -1.95. The van der Waals surface area contributed by atoms with Crippen LogP contribution in [-0.2, 0) is 14.3 Å². The molecule has 0 aromatic heterocycles. The summed E-state index contributed by atoms with van der Waals surface area (Å²) >= 11 is 0. The van der Waals surface area contributed by atoms with E-state index in [0.29, 0.717) is 37.2 Å². The third kappa shape index (κ3) is 8.57. The molecule has 2 bridgehead atoms. The molecular formula is C31H45NO4. The first-order chi connectivity index (χ1) is 17.4. The van der Waals surface area contributed by atoms with Crippen molar-refractivity contribution in [2.24, 2.45) is 17.8 Å².